The first-order chi connectivity index (χ1) is 8.50. The maximum atomic E-state index is 12.4. The van der Waals surface area contributed by atoms with E-state index in [1.165, 1.54) is 0 Å². The summed E-state index contributed by atoms with van der Waals surface area (Å²) >= 11 is 5.38. The van der Waals surface area contributed by atoms with Crippen LogP contribution < -0.4 is 0 Å². The zero-order chi connectivity index (χ0) is 13.3. The van der Waals surface area contributed by atoms with Crippen LogP contribution in [0.25, 0.3) is 0 Å². The highest BCUT2D eigenvalue weighted by atomic mass is 79.9. The number of Topliss-reactive ketones (excluding diaryl/α,β-unsaturated/α-hetero) is 1. The van der Waals surface area contributed by atoms with Gasteiger partial charge in [-0.2, -0.15) is 16.9 Å². The molecule has 1 aromatic heterocycles. The molecule has 1 aliphatic heterocycles. The molecule has 0 N–H and O–H groups in total. The van der Waals surface area contributed by atoms with Crippen molar-refractivity contribution in [3.8, 4) is 0 Å². The fraction of sp³-hybridized carbons (Fsp3) is 0.667. The smallest absolute Gasteiger partial charge is 0.156 e. The summed E-state index contributed by atoms with van der Waals surface area (Å²) < 4.78 is 2.76. The Kier molecular flexibility index (Phi) is 4.50. The molecule has 4 nitrogen and oxygen atoms in total. The van der Waals surface area contributed by atoms with Crippen molar-refractivity contribution in [2.24, 2.45) is 7.05 Å². The Balaban J connectivity index is 2.11. The molecule has 0 amide bonds. The first kappa shape index (κ1) is 14.1. The molecule has 18 heavy (non-hydrogen) atoms. The van der Waals surface area contributed by atoms with Gasteiger partial charge in [-0.3, -0.25) is 14.4 Å². The number of aryl methyl sites for hydroxylation is 2. The van der Waals surface area contributed by atoms with Crippen LogP contribution in [0.4, 0.5) is 0 Å². The highest BCUT2D eigenvalue weighted by molar-refractivity contribution is 9.10. The molecule has 0 radical (unpaired) electrons. The van der Waals surface area contributed by atoms with Gasteiger partial charge in [-0.25, -0.2) is 0 Å². The van der Waals surface area contributed by atoms with Gasteiger partial charge in [0.1, 0.15) is 0 Å². The number of ketones is 1. The van der Waals surface area contributed by atoms with Gasteiger partial charge in [-0.15, -0.1) is 0 Å². The van der Waals surface area contributed by atoms with Crippen molar-refractivity contribution in [3.63, 3.8) is 0 Å². The van der Waals surface area contributed by atoms with Crippen LogP contribution in [-0.2, 0) is 18.3 Å². The second-order valence-electron chi connectivity index (χ2n) is 4.68. The lowest BCUT2D eigenvalue weighted by Gasteiger charge is -2.30. The Morgan fingerprint density at radius 1 is 1.56 bits per heavy atom. The second kappa shape index (κ2) is 5.75. The maximum Gasteiger partial charge on any atom is 0.156 e. The number of aromatic nitrogens is 2. The molecule has 0 saturated carbocycles. The van der Waals surface area contributed by atoms with Gasteiger partial charge in [-0.1, -0.05) is 0 Å². The fourth-order valence-electron chi connectivity index (χ4n) is 2.18. The van der Waals surface area contributed by atoms with Crippen molar-refractivity contribution in [1.29, 1.82) is 0 Å². The zero-order valence-corrected chi connectivity index (χ0v) is 13.3. The van der Waals surface area contributed by atoms with Crippen LogP contribution >= 0.6 is 27.7 Å². The van der Waals surface area contributed by atoms with E-state index in [4.69, 9.17) is 0 Å². The number of nitrogens with zero attached hydrogens (tertiary/aromatic N) is 3. The normalized spacial score (nSPS) is 21.2. The van der Waals surface area contributed by atoms with Gasteiger partial charge in [0.25, 0.3) is 0 Å². The van der Waals surface area contributed by atoms with Crippen LogP contribution in [0.15, 0.2) is 4.47 Å². The molecule has 0 aromatic carbocycles. The van der Waals surface area contributed by atoms with Crippen molar-refractivity contribution in [1.82, 2.24) is 14.7 Å². The summed E-state index contributed by atoms with van der Waals surface area (Å²) in [5.41, 5.74) is 1.91. The number of carbonyl (C=O) groups excluding carboxylic acids is 1. The molecule has 6 heteroatoms. The molecule has 2 heterocycles. The van der Waals surface area contributed by atoms with Crippen LogP contribution in [0.3, 0.4) is 0 Å². The largest absolute Gasteiger partial charge is 0.297 e. The van der Waals surface area contributed by atoms with E-state index in [0.29, 0.717) is 6.42 Å². The number of carbonyl (C=O) groups is 1. The number of likely N-dealkylation sites (N-methyl/N-ethyl adjacent to an activating group) is 1. The lowest BCUT2D eigenvalue weighted by Crippen LogP contribution is -2.45. The highest BCUT2D eigenvalue weighted by Crippen LogP contribution is 2.23. The minimum Gasteiger partial charge on any atom is -0.297 e. The fourth-order valence-corrected chi connectivity index (χ4v) is 3.90. The van der Waals surface area contributed by atoms with Gasteiger partial charge < -0.3 is 0 Å². The molecule has 1 unspecified atom stereocenters. The predicted molar refractivity (Wildman–Crippen MR) is 78.1 cm³/mol. The third kappa shape index (κ3) is 2.81. The molecule has 1 saturated heterocycles. The van der Waals surface area contributed by atoms with Crippen LogP contribution in [-0.4, -0.2) is 51.6 Å². The Morgan fingerprint density at radius 3 is 2.83 bits per heavy atom. The van der Waals surface area contributed by atoms with E-state index in [0.717, 1.165) is 33.9 Å². The molecule has 1 atom stereocenters. The van der Waals surface area contributed by atoms with Crippen LogP contribution in [0.5, 0.6) is 0 Å². The topological polar surface area (TPSA) is 38.1 Å². The van der Waals surface area contributed by atoms with Crippen molar-refractivity contribution in [2.45, 2.75) is 19.4 Å². The Labute approximate surface area is 120 Å². The molecule has 1 aliphatic rings. The van der Waals surface area contributed by atoms with Gasteiger partial charge in [0.15, 0.2) is 5.78 Å². The van der Waals surface area contributed by atoms with Crippen molar-refractivity contribution in [3.05, 3.63) is 15.9 Å². The Morgan fingerprint density at radius 2 is 2.28 bits per heavy atom. The van der Waals surface area contributed by atoms with Crippen LogP contribution in [0.1, 0.15) is 11.4 Å². The Bertz CT molecular complexity index is 460. The van der Waals surface area contributed by atoms with E-state index in [2.05, 4.69) is 25.9 Å². The van der Waals surface area contributed by atoms with Crippen molar-refractivity contribution < 1.29 is 4.79 Å². The van der Waals surface area contributed by atoms with E-state index >= 15 is 0 Å². The first-order valence-corrected chi connectivity index (χ1v) is 7.94. The Hall–Kier alpha value is -0.330. The predicted octanol–water partition coefficient (Wildman–Crippen LogP) is 1.65. The summed E-state index contributed by atoms with van der Waals surface area (Å²) in [6.07, 6.45) is 0.452. The number of rotatable bonds is 3. The van der Waals surface area contributed by atoms with Gasteiger partial charge in [0.2, 0.25) is 0 Å². The molecule has 1 aromatic rings. The van der Waals surface area contributed by atoms with Gasteiger partial charge >= 0.3 is 0 Å². The van der Waals surface area contributed by atoms with E-state index in [1.807, 2.05) is 32.8 Å². The average molecular weight is 332 g/mol. The SMILES string of the molecule is Cc1nn(C)c(CC(=O)C2CSCCN2C)c1Br. The van der Waals surface area contributed by atoms with E-state index in [9.17, 15) is 4.79 Å². The summed E-state index contributed by atoms with van der Waals surface area (Å²) in [5.74, 6) is 2.31. The lowest BCUT2D eigenvalue weighted by molar-refractivity contribution is -0.122. The monoisotopic (exact) mass is 331 g/mol. The van der Waals surface area contributed by atoms with Crippen LogP contribution in [0, 0.1) is 6.92 Å². The third-order valence-corrected chi connectivity index (χ3v) is 5.43. The summed E-state index contributed by atoms with van der Waals surface area (Å²) in [7, 11) is 3.92. The molecule has 1 fully saturated rings. The van der Waals surface area contributed by atoms with Crippen molar-refractivity contribution in [2.75, 3.05) is 25.1 Å². The summed E-state index contributed by atoms with van der Waals surface area (Å²) in [6, 6.07) is 0.0471. The second-order valence-corrected chi connectivity index (χ2v) is 6.63. The first-order valence-electron chi connectivity index (χ1n) is 5.99. The molecule has 0 bridgehead atoms. The quantitative estimate of drug-likeness (QED) is 0.844. The third-order valence-electron chi connectivity index (χ3n) is 3.37. The number of halogens is 1. The van der Waals surface area contributed by atoms with E-state index in [-0.39, 0.29) is 11.8 Å². The maximum absolute atomic E-state index is 12.4. The minimum atomic E-state index is 0.0471. The molecular weight excluding hydrogens is 314 g/mol. The minimum absolute atomic E-state index is 0.0471. The highest BCUT2D eigenvalue weighted by Gasteiger charge is 2.27. The summed E-state index contributed by atoms with van der Waals surface area (Å²) in [4.78, 5) is 14.5. The van der Waals surface area contributed by atoms with E-state index in [1.54, 1.807) is 4.68 Å². The summed E-state index contributed by atoms with van der Waals surface area (Å²) in [5, 5.41) is 4.33. The lowest BCUT2D eigenvalue weighted by atomic mass is 10.1. The van der Waals surface area contributed by atoms with Crippen molar-refractivity contribution >= 4 is 33.5 Å². The number of hydrogen-bond donors (Lipinski definition) is 0. The summed E-state index contributed by atoms with van der Waals surface area (Å²) in [6.45, 7) is 2.94. The van der Waals surface area contributed by atoms with E-state index < -0.39 is 0 Å². The molecule has 0 spiro atoms. The number of hydrogen-bond acceptors (Lipinski definition) is 4. The molecular formula is C12H18BrN3OS. The van der Waals surface area contributed by atoms with Crippen LogP contribution in [0.2, 0.25) is 0 Å². The average Bonchev–Trinajstić information content (AvgIpc) is 2.56. The zero-order valence-electron chi connectivity index (χ0n) is 10.9. The van der Waals surface area contributed by atoms with Gasteiger partial charge in [0, 0.05) is 25.1 Å². The number of thioether (sulfide) groups is 1. The molecule has 2 rings (SSSR count). The molecule has 0 aliphatic carbocycles. The molecule has 100 valence electrons. The standard InChI is InChI=1S/C12H18BrN3OS/c1-8-12(13)9(16(3)14-8)6-11(17)10-7-18-5-4-15(10)2/h10H,4-7H2,1-3H3. The van der Waals surface area contributed by atoms with Gasteiger partial charge in [-0.05, 0) is 29.9 Å². The van der Waals surface area contributed by atoms with Gasteiger partial charge in [0.05, 0.1) is 28.3 Å².